The molecule has 0 saturated carbocycles. The summed E-state index contributed by atoms with van der Waals surface area (Å²) in [6.07, 6.45) is 7.08. The summed E-state index contributed by atoms with van der Waals surface area (Å²) in [7, 11) is 0. The Kier molecular flexibility index (Phi) is 3.56. The highest BCUT2D eigenvalue weighted by atomic mass is 14.9. The van der Waals surface area contributed by atoms with Crippen LogP contribution in [-0.2, 0) is 6.42 Å². The van der Waals surface area contributed by atoms with Crippen molar-refractivity contribution in [3.8, 4) is 0 Å². The zero-order valence-electron chi connectivity index (χ0n) is 10.7. The maximum Gasteiger partial charge on any atom is 0.0733 e. The van der Waals surface area contributed by atoms with Crippen LogP contribution in [0.1, 0.15) is 24.8 Å². The topological polar surface area (TPSA) is 24.9 Å². The number of rotatable bonds is 2. The van der Waals surface area contributed by atoms with Crippen LogP contribution in [0, 0.1) is 5.92 Å². The van der Waals surface area contributed by atoms with E-state index in [1.54, 1.807) is 0 Å². The van der Waals surface area contributed by atoms with Crippen molar-refractivity contribution >= 4 is 10.9 Å². The summed E-state index contributed by atoms with van der Waals surface area (Å²) in [5.74, 6) is 0.764. The van der Waals surface area contributed by atoms with Crippen molar-refractivity contribution in [1.82, 2.24) is 10.3 Å². The summed E-state index contributed by atoms with van der Waals surface area (Å²) in [6, 6.07) is 10.7. The molecule has 2 heteroatoms. The molecule has 1 atom stereocenters. The van der Waals surface area contributed by atoms with Crippen LogP contribution in [0.2, 0.25) is 0 Å². The number of nitrogens with one attached hydrogen (secondary N) is 1. The first-order valence-electron chi connectivity index (χ1n) is 6.97. The Morgan fingerprint density at radius 3 is 3.11 bits per heavy atom. The van der Waals surface area contributed by atoms with Crippen LogP contribution in [0.5, 0.6) is 0 Å². The van der Waals surface area contributed by atoms with Gasteiger partial charge in [0.05, 0.1) is 5.52 Å². The fourth-order valence-electron chi connectivity index (χ4n) is 2.91. The molecule has 0 aliphatic carbocycles. The quantitative estimate of drug-likeness (QED) is 0.872. The molecule has 0 amide bonds. The number of hydrogen-bond donors (Lipinski definition) is 1. The molecule has 1 aromatic carbocycles. The Bertz CT molecular complexity index is 508. The summed E-state index contributed by atoms with van der Waals surface area (Å²) in [4.78, 5) is 4.55. The molecule has 1 aromatic heterocycles. The number of aromatic nitrogens is 1. The van der Waals surface area contributed by atoms with Gasteiger partial charge in [0.2, 0.25) is 0 Å². The van der Waals surface area contributed by atoms with E-state index in [-0.39, 0.29) is 0 Å². The van der Waals surface area contributed by atoms with Crippen LogP contribution in [0.3, 0.4) is 0 Å². The molecule has 1 saturated heterocycles. The highest BCUT2D eigenvalue weighted by molar-refractivity contribution is 5.81. The van der Waals surface area contributed by atoms with Gasteiger partial charge in [-0.25, -0.2) is 0 Å². The van der Waals surface area contributed by atoms with E-state index in [2.05, 4.69) is 34.6 Å². The summed E-state index contributed by atoms with van der Waals surface area (Å²) in [5.41, 5.74) is 2.59. The number of hydrogen-bond acceptors (Lipinski definition) is 2. The van der Waals surface area contributed by atoms with E-state index < -0.39 is 0 Å². The average Bonchev–Trinajstić information content (AvgIpc) is 2.68. The van der Waals surface area contributed by atoms with Gasteiger partial charge in [-0.15, -0.1) is 0 Å². The van der Waals surface area contributed by atoms with Crippen molar-refractivity contribution in [2.75, 3.05) is 13.1 Å². The van der Waals surface area contributed by atoms with Gasteiger partial charge in [0.25, 0.3) is 0 Å². The van der Waals surface area contributed by atoms with Crippen molar-refractivity contribution in [3.63, 3.8) is 0 Å². The monoisotopic (exact) mass is 240 g/mol. The molecule has 2 nitrogen and oxygen atoms in total. The molecule has 1 aliphatic rings. The number of para-hydroxylation sites is 1. The lowest BCUT2D eigenvalue weighted by Gasteiger charge is -2.15. The van der Waals surface area contributed by atoms with Crippen molar-refractivity contribution in [2.45, 2.75) is 25.7 Å². The van der Waals surface area contributed by atoms with E-state index >= 15 is 0 Å². The van der Waals surface area contributed by atoms with E-state index in [1.807, 2.05) is 12.3 Å². The van der Waals surface area contributed by atoms with E-state index in [1.165, 1.54) is 42.3 Å². The minimum absolute atomic E-state index is 0.764. The third kappa shape index (κ3) is 2.54. The average molecular weight is 240 g/mol. The number of pyridine rings is 1. The minimum Gasteiger partial charge on any atom is -0.316 e. The Labute approximate surface area is 108 Å². The highest BCUT2D eigenvalue weighted by Crippen LogP contribution is 2.22. The molecule has 3 rings (SSSR count). The predicted molar refractivity (Wildman–Crippen MR) is 75.7 cm³/mol. The van der Waals surface area contributed by atoms with Crippen LogP contribution in [0.15, 0.2) is 36.5 Å². The zero-order chi connectivity index (χ0) is 12.2. The van der Waals surface area contributed by atoms with Gasteiger partial charge >= 0.3 is 0 Å². The Morgan fingerprint density at radius 1 is 1.17 bits per heavy atom. The molecule has 0 spiro atoms. The van der Waals surface area contributed by atoms with Gasteiger partial charge < -0.3 is 5.32 Å². The molecular formula is C16H20N2. The van der Waals surface area contributed by atoms with Crippen LogP contribution in [-0.4, -0.2) is 18.1 Å². The van der Waals surface area contributed by atoms with E-state index in [0.29, 0.717) is 0 Å². The van der Waals surface area contributed by atoms with Crippen molar-refractivity contribution in [3.05, 3.63) is 42.1 Å². The SMILES string of the molecule is c1cnc2c(CC3CCCCNC3)cccc2c1. The van der Waals surface area contributed by atoms with Crippen LogP contribution in [0.4, 0.5) is 0 Å². The molecule has 1 unspecified atom stereocenters. The van der Waals surface area contributed by atoms with Crippen LogP contribution < -0.4 is 5.32 Å². The predicted octanol–water partition coefficient (Wildman–Crippen LogP) is 3.17. The lowest BCUT2D eigenvalue weighted by Crippen LogP contribution is -2.22. The molecule has 1 aliphatic heterocycles. The third-order valence-corrected chi connectivity index (χ3v) is 3.87. The van der Waals surface area contributed by atoms with Gasteiger partial charge in [0.1, 0.15) is 0 Å². The van der Waals surface area contributed by atoms with Gasteiger partial charge in [-0.1, -0.05) is 30.7 Å². The largest absolute Gasteiger partial charge is 0.316 e. The van der Waals surface area contributed by atoms with E-state index in [9.17, 15) is 0 Å². The molecule has 1 fully saturated rings. The van der Waals surface area contributed by atoms with Crippen molar-refractivity contribution in [2.24, 2.45) is 5.92 Å². The lowest BCUT2D eigenvalue weighted by atomic mass is 9.93. The molecule has 0 radical (unpaired) electrons. The second kappa shape index (κ2) is 5.49. The Hall–Kier alpha value is -1.41. The number of nitrogens with zero attached hydrogens (tertiary/aromatic N) is 1. The molecule has 0 bridgehead atoms. The highest BCUT2D eigenvalue weighted by Gasteiger charge is 2.14. The lowest BCUT2D eigenvalue weighted by molar-refractivity contribution is 0.478. The van der Waals surface area contributed by atoms with Crippen molar-refractivity contribution in [1.29, 1.82) is 0 Å². The van der Waals surface area contributed by atoms with Gasteiger partial charge in [0, 0.05) is 11.6 Å². The smallest absolute Gasteiger partial charge is 0.0733 e. The fourth-order valence-corrected chi connectivity index (χ4v) is 2.91. The van der Waals surface area contributed by atoms with Crippen LogP contribution in [0.25, 0.3) is 10.9 Å². The maximum atomic E-state index is 4.55. The van der Waals surface area contributed by atoms with Crippen molar-refractivity contribution < 1.29 is 0 Å². The third-order valence-electron chi connectivity index (χ3n) is 3.87. The summed E-state index contributed by atoms with van der Waals surface area (Å²) in [5, 5.41) is 4.81. The first kappa shape index (κ1) is 11.7. The number of fused-ring (bicyclic) bond motifs is 1. The minimum atomic E-state index is 0.764. The Morgan fingerprint density at radius 2 is 2.11 bits per heavy atom. The van der Waals surface area contributed by atoms with Gasteiger partial charge in [0.15, 0.2) is 0 Å². The zero-order valence-corrected chi connectivity index (χ0v) is 10.7. The first-order valence-corrected chi connectivity index (χ1v) is 6.97. The summed E-state index contributed by atoms with van der Waals surface area (Å²) < 4.78 is 0. The van der Waals surface area contributed by atoms with Gasteiger partial charge in [-0.05, 0) is 49.9 Å². The number of benzene rings is 1. The molecule has 2 heterocycles. The van der Waals surface area contributed by atoms with Gasteiger partial charge in [-0.3, -0.25) is 4.98 Å². The first-order chi connectivity index (χ1) is 8.93. The van der Waals surface area contributed by atoms with E-state index in [0.717, 1.165) is 18.9 Å². The van der Waals surface area contributed by atoms with E-state index in [4.69, 9.17) is 0 Å². The Balaban J connectivity index is 1.85. The summed E-state index contributed by atoms with van der Waals surface area (Å²) >= 11 is 0. The second-order valence-electron chi connectivity index (χ2n) is 5.26. The fraction of sp³-hybridized carbons (Fsp3) is 0.438. The normalized spacial score (nSPS) is 20.8. The standard InChI is InChI=1S/C16H20N2/c1-2-9-17-12-13(5-1)11-15-7-3-6-14-8-4-10-18-16(14)15/h3-4,6-8,10,13,17H,1-2,5,9,11-12H2. The maximum absolute atomic E-state index is 4.55. The molecule has 2 aromatic rings. The molecule has 18 heavy (non-hydrogen) atoms. The summed E-state index contributed by atoms with van der Waals surface area (Å²) in [6.45, 7) is 2.34. The molecule has 1 N–H and O–H groups in total. The van der Waals surface area contributed by atoms with Crippen LogP contribution >= 0.6 is 0 Å². The second-order valence-corrected chi connectivity index (χ2v) is 5.26. The molecule has 94 valence electrons. The van der Waals surface area contributed by atoms with Gasteiger partial charge in [-0.2, -0.15) is 0 Å². The molecular weight excluding hydrogens is 220 g/mol.